The first-order valence-corrected chi connectivity index (χ1v) is 10.4. The van der Waals surface area contributed by atoms with E-state index in [2.05, 4.69) is 15.0 Å². The Balaban J connectivity index is 1.50. The Morgan fingerprint density at radius 3 is 3.08 bits per heavy atom. The van der Waals surface area contributed by atoms with Gasteiger partial charge < -0.3 is 4.98 Å². The minimum atomic E-state index is -0.204. The fourth-order valence-corrected chi connectivity index (χ4v) is 6.01. The zero-order chi connectivity index (χ0) is 17.7. The van der Waals surface area contributed by atoms with Gasteiger partial charge >= 0.3 is 0 Å². The van der Waals surface area contributed by atoms with E-state index in [-0.39, 0.29) is 11.0 Å². The lowest BCUT2D eigenvalue weighted by Crippen LogP contribution is -2.13. The number of benzene rings is 1. The van der Waals surface area contributed by atoms with Crippen LogP contribution in [0.2, 0.25) is 0 Å². The summed E-state index contributed by atoms with van der Waals surface area (Å²) in [7, 11) is 0. The molecular weight excluding hydrogens is 362 g/mol. The highest BCUT2D eigenvalue weighted by Crippen LogP contribution is 2.41. The van der Waals surface area contributed by atoms with Crippen molar-refractivity contribution >= 4 is 50.0 Å². The molecule has 0 saturated heterocycles. The number of Topliss-reactive ketones (excluding diaryl/α,β-unsaturated/α-hetero) is 1. The van der Waals surface area contributed by atoms with Crippen molar-refractivity contribution in [3.05, 3.63) is 52.8 Å². The fraction of sp³-hybridized carbons (Fsp3) is 0.250. The van der Waals surface area contributed by atoms with Crippen molar-refractivity contribution in [2.45, 2.75) is 36.5 Å². The molecule has 26 heavy (non-hydrogen) atoms. The molecule has 0 bridgehead atoms. The van der Waals surface area contributed by atoms with Gasteiger partial charge in [-0.15, -0.1) is 11.3 Å². The number of carbonyl (C=O) groups excluding carboxylic acids is 1. The topological polar surface area (TPSA) is 58.6 Å². The maximum absolute atomic E-state index is 13.1. The van der Waals surface area contributed by atoms with Crippen LogP contribution in [0.1, 0.15) is 34.1 Å². The third kappa shape index (κ3) is 2.47. The molecule has 4 aromatic rings. The standard InChI is InChI=1S/C20H17N3OS2/c1-11(18(24)14-9-21-15-7-3-2-5-12(14)15)25-19-17-13-6-4-8-16(13)26-20(17)23-10-22-19/h2-3,5,7,9-11,21H,4,6,8H2,1H3/t11-/m0/s1. The molecule has 3 heterocycles. The second kappa shape index (κ2) is 6.21. The minimum Gasteiger partial charge on any atom is -0.360 e. The number of ketones is 1. The van der Waals surface area contributed by atoms with Crippen molar-refractivity contribution < 1.29 is 4.79 Å². The highest BCUT2D eigenvalue weighted by Gasteiger charge is 2.25. The highest BCUT2D eigenvalue weighted by atomic mass is 32.2. The first kappa shape index (κ1) is 16.0. The van der Waals surface area contributed by atoms with Gasteiger partial charge in [0, 0.05) is 32.9 Å². The monoisotopic (exact) mass is 379 g/mol. The van der Waals surface area contributed by atoms with Crippen LogP contribution in [-0.4, -0.2) is 26.0 Å². The lowest BCUT2D eigenvalue weighted by Gasteiger charge is -2.10. The predicted molar refractivity (Wildman–Crippen MR) is 107 cm³/mol. The maximum Gasteiger partial charge on any atom is 0.178 e. The number of aromatic amines is 1. The molecular formula is C20H17N3OS2. The Hall–Kier alpha value is -2.18. The smallest absolute Gasteiger partial charge is 0.178 e. The Kier molecular flexibility index (Phi) is 3.83. The van der Waals surface area contributed by atoms with Crippen LogP contribution in [0.5, 0.6) is 0 Å². The molecule has 1 N–H and O–H groups in total. The molecule has 0 spiro atoms. The first-order chi connectivity index (χ1) is 12.7. The average Bonchev–Trinajstić information content (AvgIpc) is 3.35. The molecule has 1 aliphatic carbocycles. The Morgan fingerprint density at radius 1 is 1.27 bits per heavy atom. The van der Waals surface area contributed by atoms with Gasteiger partial charge in [-0.3, -0.25) is 4.79 Å². The molecule has 3 aromatic heterocycles. The fourth-order valence-electron chi connectivity index (χ4n) is 3.70. The van der Waals surface area contributed by atoms with E-state index in [0.29, 0.717) is 0 Å². The summed E-state index contributed by atoms with van der Waals surface area (Å²) in [6, 6.07) is 7.92. The molecule has 6 heteroatoms. The van der Waals surface area contributed by atoms with E-state index < -0.39 is 0 Å². The van der Waals surface area contributed by atoms with Crippen LogP contribution in [0.25, 0.3) is 21.1 Å². The van der Waals surface area contributed by atoms with Crippen LogP contribution in [0.4, 0.5) is 0 Å². The lowest BCUT2D eigenvalue weighted by molar-refractivity contribution is 0.0995. The third-order valence-corrected chi connectivity index (χ3v) is 7.28. The van der Waals surface area contributed by atoms with Crippen LogP contribution in [0.15, 0.2) is 41.8 Å². The zero-order valence-corrected chi connectivity index (χ0v) is 15.9. The number of hydrogen-bond acceptors (Lipinski definition) is 5. The normalized spacial score (nSPS) is 14.8. The average molecular weight is 380 g/mol. The van der Waals surface area contributed by atoms with E-state index >= 15 is 0 Å². The lowest BCUT2D eigenvalue weighted by atomic mass is 10.1. The molecule has 130 valence electrons. The van der Waals surface area contributed by atoms with Crippen LogP contribution in [-0.2, 0) is 12.8 Å². The van der Waals surface area contributed by atoms with Crippen molar-refractivity contribution in [3.8, 4) is 0 Å². The van der Waals surface area contributed by atoms with Crippen LogP contribution < -0.4 is 0 Å². The number of carbonyl (C=O) groups is 1. The number of aryl methyl sites for hydroxylation is 2. The van der Waals surface area contributed by atoms with E-state index in [4.69, 9.17) is 0 Å². The molecule has 0 aliphatic heterocycles. The first-order valence-electron chi connectivity index (χ1n) is 8.74. The number of H-pyrrole nitrogens is 1. The zero-order valence-electron chi connectivity index (χ0n) is 14.3. The summed E-state index contributed by atoms with van der Waals surface area (Å²) in [6.45, 7) is 1.97. The number of thiophene rings is 1. The maximum atomic E-state index is 13.1. The number of hydrogen-bond donors (Lipinski definition) is 1. The van der Waals surface area contributed by atoms with Gasteiger partial charge in [0.25, 0.3) is 0 Å². The van der Waals surface area contributed by atoms with Gasteiger partial charge in [-0.1, -0.05) is 30.0 Å². The van der Waals surface area contributed by atoms with Crippen LogP contribution in [0.3, 0.4) is 0 Å². The summed E-state index contributed by atoms with van der Waals surface area (Å²) in [5.41, 5.74) is 3.15. The molecule has 1 aliphatic rings. The second-order valence-corrected chi connectivity index (χ2v) is 9.00. The van der Waals surface area contributed by atoms with Crippen LogP contribution in [0, 0.1) is 0 Å². The van der Waals surface area contributed by atoms with Gasteiger partial charge in [0.15, 0.2) is 5.78 Å². The molecule has 1 aromatic carbocycles. The molecule has 0 saturated carbocycles. The molecule has 4 nitrogen and oxygen atoms in total. The van der Waals surface area contributed by atoms with Gasteiger partial charge in [-0.25, -0.2) is 9.97 Å². The number of para-hydroxylation sites is 1. The molecule has 0 unspecified atom stereocenters. The van der Waals surface area contributed by atoms with Gasteiger partial charge in [0.1, 0.15) is 16.2 Å². The number of thioether (sulfide) groups is 1. The van der Waals surface area contributed by atoms with E-state index in [0.717, 1.165) is 39.2 Å². The van der Waals surface area contributed by atoms with Crippen molar-refractivity contribution in [2.75, 3.05) is 0 Å². The van der Waals surface area contributed by atoms with Crippen LogP contribution >= 0.6 is 23.1 Å². The van der Waals surface area contributed by atoms with Crippen molar-refractivity contribution in [1.29, 1.82) is 0 Å². The van der Waals surface area contributed by atoms with Gasteiger partial charge in [0.2, 0.25) is 0 Å². The quantitative estimate of drug-likeness (QED) is 0.307. The molecule has 0 fully saturated rings. The summed E-state index contributed by atoms with van der Waals surface area (Å²) < 4.78 is 0. The Labute approximate surface area is 159 Å². The van der Waals surface area contributed by atoms with Crippen molar-refractivity contribution in [3.63, 3.8) is 0 Å². The molecule has 0 radical (unpaired) electrons. The summed E-state index contributed by atoms with van der Waals surface area (Å²) in [5.74, 6) is 0.131. The van der Waals surface area contributed by atoms with Crippen molar-refractivity contribution in [1.82, 2.24) is 15.0 Å². The third-order valence-electron chi connectivity index (χ3n) is 4.98. The van der Waals surface area contributed by atoms with E-state index in [1.807, 2.05) is 37.4 Å². The van der Waals surface area contributed by atoms with Gasteiger partial charge in [-0.2, -0.15) is 0 Å². The summed E-state index contributed by atoms with van der Waals surface area (Å²) >= 11 is 3.33. The number of nitrogens with zero attached hydrogens (tertiary/aromatic N) is 2. The highest BCUT2D eigenvalue weighted by molar-refractivity contribution is 8.00. The SMILES string of the molecule is C[C@H](Sc1ncnc2sc3c(c12)CCC3)C(=O)c1c[nH]c2ccccc12. The molecule has 1 atom stereocenters. The number of aromatic nitrogens is 3. The van der Waals surface area contributed by atoms with E-state index in [9.17, 15) is 4.79 Å². The van der Waals surface area contributed by atoms with Gasteiger partial charge in [-0.05, 0) is 37.8 Å². The second-order valence-electron chi connectivity index (χ2n) is 6.59. The van der Waals surface area contributed by atoms with Crippen molar-refractivity contribution in [2.24, 2.45) is 0 Å². The number of rotatable bonds is 4. The number of nitrogens with one attached hydrogen (secondary N) is 1. The molecule has 0 amide bonds. The number of fused-ring (bicyclic) bond motifs is 4. The summed E-state index contributed by atoms with van der Waals surface area (Å²) in [6.07, 6.45) is 6.90. The summed E-state index contributed by atoms with van der Waals surface area (Å²) in [4.78, 5) is 27.7. The largest absolute Gasteiger partial charge is 0.360 e. The van der Waals surface area contributed by atoms with E-state index in [1.54, 1.807) is 29.4 Å². The Bertz CT molecular complexity index is 1140. The Morgan fingerprint density at radius 2 is 2.15 bits per heavy atom. The van der Waals surface area contributed by atoms with E-state index in [1.165, 1.54) is 22.2 Å². The molecule has 5 rings (SSSR count). The minimum absolute atomic E-state index is 0.131. The van der Waals surface area contributed by atoms with Gasteiger partial charge in [0.05, 0.1) is 5.25 Å². The predicted octanol–water partition coefficient (Wildman–Crippen LogP) is 5.02. The summed E-state index contributed by atoms with van der Waals surface area (Å²) in [5, 5.41) is 2.89.